The van der Waals surface area contributed by atoms with E-state index >= 15 is 0 Å². The standard InChI is InChI=1S/C11H10Cl2FN5O/c1-5(7-3-6(12)4-8(13)9(7)14)15-11(20)10-16-18-19(2)17-10/h3-5H,1-2H3,(H,15,20). The summed E-state index contributed by atoms with van der Waals surface area (Å²) in [4.78, 5) is 13.0. The van der Waals surface area contributed by atoms with Crippen molar-refractivity contribution in [2.24, 2.45) is 7.05 Å². The molecule has 9 heteroatoms. The number of nitrogens with zero attached hydrogens (tertiary/aromatic N) is 4. The molecule has 6 nitrogen and oxygen atoms in total. The average molecular weight is 318 g/mol. The Morgan fingerprint density at radius 2 is 2.15 bits per heavy atom. The van der Waals surface area contributed by atoms with Crippen LogP contribution in [0.2, 0.25) is 10.0 Å². The van der Waals surface area contributed by atoms with E-state index in [0.29, 0.717) is 0 Å². The van der Waals surface area contributed by atoms with E-state index in [1.54, 1.807) is 6.92 Å². The van der Waals surface area contributed by atoms with Crippen molar-refractivity contribution in [2.75, 3.05) is 0 Å². The van der Waals surface area contributed by atoms with Crippen LogP contribution in [-0.4, -0.2) is 26.1 Å². The second-order valence-corrected chi connectivity index (χ2v) is 4.93. The maximum Gasteiger partial charge on any atom is 0.293 e. The number of aryl methyl sites for hydroxylation is 1. The molecule has 0 bridgehead atoms. The van der Waals surface area contributed by atoms with Gasteiger partial charge in [0, 0.05) is 10.6 Å². The molecule has 0 saturated carbocycles. The Morgan fingerprint density at radius 1 is 1.45 bits per heavy atom. The molecule has 1 atom stereocenters. The van der Waals surface area contributed by atoms with E-state index in [4.69, 9.17) is 23.2 Å². The molecule has 0 saturated heterocycles. The van der Waals surface area contributed by atoms with Crippen LogP contribution in [-0.2, 0) is 7.05 Å². The Kier molecular flexibility index (Phi) is 4.20. The lowest BCUT2D eigenvalue weighted by molar-refractivity contribution is 0.0928. The van der Waals surface area contributed by atoms with Crippen molar-refractivity contribution >= 4 is 29.1 Å². The van der Waals surface area contributed by atoms with Gasteiger partial charge in [0.1, 0.15) is 5.82 Å². The van der Waals surface area contributed by atoms with Gasteiger partial charge in [-0.1, -0.05) is 23.2 Å². The van der Waals surface area contributed by atoms with Crippen LogP contribution in [0.1, 0.15) is 29.1 Å². The fourth-order valence-corrected chi connectivity index (χ4v) is 2.11. The molecule has 0 aliphatic rings. The fraction of sp³-hybridized carbons (Fsp3) is 0.273. The van der Waals surface area contributed by atoms with Crippen LogP contribution in [0.15, 0.2) is 12.1 Å². The number of hydrogen-bond donors (Lipinski definition) is 1. The van der Waals surface area contributed by atoms with Gasteiger partial charge in [-0.2, -0.15) is 4.80 Å². The molecule has 106 valence electrons. The minimum Gasteiger partial charge on any atom is -0.343 e. The van der Waals surface area contributed by atoms with E-state index in [1.807, 2.05) is 0 Å². The van der Waals surface area contributed by atoms with Gasteiger partial charge in [-0.05, 0) is 24.3 Å². The summed E-state index contributed by atoms with van der Waals surface area (Å²) in [5.74, 6) is -1.30. The minimum atomic E-state index is -0.650. The molecule has 0 spiro atoms. The molecule has 1 amide bonds. The molecule has 0 aliphatic heterocycles. The first kappa shape index (κ1) is 14.7. The van der Waals surface area contributed by atoms with Crippen molar-refractivity contribution in [3.05, 3.63) is 39.4 Å². The molecule has 2 rings (SSSR count). The van der Waals surface area contributed by atoms with Crippen molar-refractivity contribution in [3.63, 3.8) is 0 Å². The second-order valence-electron chi connectivity index (χ2n) is 4.09. The van der Waals surface area contributed by atoms with Gasteiger partial charge in [0.2, 0.25) is 0 Å². The molecule has 2 aromatic rings. The molecule has 1 unspecified atom stereocenters. The lowest BCUT2D eigenvalue weighted by Gasteiger charge is -2.15. The van der Waals surface area contributed by atoms with Crippen LogP contribution in [0.25, 0.3) is 0 Å². The third-order valence-corrected chi connectivity index (χ3v) is 3.04. The summed E-state index contributed by atoms with van der Waals surface area (Å²) >= 11 is 11.5. The van der Waals surface area contributed by atoms with Crippen LogP contribution < -0.4 is 5.32 Å². The third kappa shape index (κ3) is 3.05. The number of amides is 1. The van der Waals surface area contributed by atoms with Gasteiger partial charge in [0.25, 0.3) is 11.7 Å². The Morgan fingerprint density at radius 3 is 2.75 bits per heavy atom. The summed E-state index contributed by atoms with van der Waals surface area (Å²) in [6.07, 6.45) is 0. The molecule has 0 fully saturated rings. The first-order chi connectivity index (χ1) is 9.38. The molecule has 1 N–H and O–H groups in total. The molecule has 1 aromatic carbocycles. The molecule has 0 aliphatic carbocycles. The van der Waals surface area contributed by atoms with E-state index < -0.39 is 17.8 Å². The van der Waals surface area contributed by atoms with E-state index in [1.165, 1.54) is 19.2 Å². The van der Waals surface area contributed by atoms with Crippen molar-refractivity contribution < 1.29 is 9.18 Å². The minimum absolute atomic E-state index is 0.104. The number of carbonyl (C=O) groups excluding carboxylic acids is 1. The van der Waals surface area contributed by atoms with Crippen molar-refractivity contribution in [1.82, 2.24) is 25.5 Å². The van der Waals surface area contributed by atoms with Crippen molar-refractivity contribution in [2.45, 2.75) is 13.0 Å². The van der Waals surface area contributed by atoms with Gasteiger partial charge < -0.3 is 5.32 Å². The van der Waals surface area contributed by atoms with Crippen molar-refractivity contribution in [1.29, 1.82) is 0 Å². The first-order valence-electron chi connectivity index (χ1n) is 5.57. The topological polar surface area (TPSA) is 72.7 Å². The normalized spacial score (nSPS) is 12.2. The summed E-state index contributed by atoms with van der Waals surface area (Å²) in [6.45, 7) is 1.60. The van der Waals surface area contributed by atoms with Gasteiger partial charge in [-0.3, -0.25) is 4.79 Å². The van der Waals surface area contributed by atoms with E-state index in [0.717, 1.165) is 4.80 Å². The Labute approximate surface area is 123 Å². The molecular formula is C11H10Cl2FN5O. The highest BCUT2D eigenvalue weighted by atomic mass is 35.5. The van der Waals surface area contributed by atoms with E-state index in [2.05, 4.69) is 20.7 Å². The van der Waals surface area contributed by atoms with Gasteiger partial charge in [0.05, 0.1) is 18.1 Å². The van der Waals surface area contributed by atoms with Gasteiger partial charge in [0.15, 0.2) is 0 Å². The lowest BCUT2D eigenvalue weighted by atomic mass is 10.1. The highest BCUT2D eigenvalue weighted by Crippen LogP contribution is 2.27. The van der Waals surface area contributed by atoms with Crippen LogP contribution in [0, 0.1) is 5.82 Å². The average Bonchev–Trinajstić information content (AvgIpc) is 2.80. The van der Waals surface area contributed by atoms with Crippen LogP contribution in [0.3, 0.4) is 0 Å². The summed E-state index contributed by atoms with van der Waals surface area (Å²) in [5, 5.41) is 13.6. The SMILES string of the molecule is CC(NC(=O)c1nnn(C)n1)c1cc(Cl)cc(Cl)c1F. The summed E-state index contributed by atoms with van der Waals surface area (Å²) < 4.78 is 13.9. The number of hydrogen-bond acceptors (Lipinski definition) is 4. The predicted octanol–water partition coefficient (Wildman–Crippen LogP) is 2.15. The number of benzene rings is 1. The number of aromatic nitrogens is 4. The van der Waals surface area contributed by atoms with Crippen LogP contribution in [0.5, 0.6) is 0 Å². The number of tetrazole rings is 1. The van der Waals surface area contributed by atoms with Gasteiger partial charge in [-0.25, -0.2) is 4.39 Å². The maximum atomic E-state index is 13.9. The largest absolute Gasteiger partial charge is 0.343 e. The highest BCUT2D eigenvalue weighted by molar-refractivity contribution is 6.34. The second kappa shape index (κ2) is 5.72. The maximum absolute atomic E-state index is 13.9. The number of halogens is 3. The summed E-state index contributed by atoms with van der Waals surface area (Å²) in [7, 11) is 1.53. The lowest BCUT2D eigenvalue weighted by Crippen LogP contribution is -2.28. The molecule has 0 radical (unpaired) electrons. The number of rotatable bonds is 3. The van der Waals surface area contributed by atoms with Gasteiger partial charge in [-0.15, -0.1) is 10.2 Å². The summed E-state index contributed by atoms with van der Waals surface area (Å²) in [5.41, 5.74) is 0.180. The first-order valence-corrected chi connectivity index (χ1v) is 6.33. The van der Waals surface area contributed by atoms with Crippen molar-refractivity contribution in [3.8, 4) is 0 Å². The van der Waals surface area contributed by atoms with Crippen LogP contribution in [0.4, 0.5) is 4.39 Å². The molecular weight excluding hydrogens is 308 g/mol. The Balaban J connectivity index is 2.20. The van der Waals surface area contributed by atoms with E-state index in [9.17, 15) is 9.18 Å². The summed E-state index contributed by atoms with van der Waals surface area (Å²) in [6, 6.07) is 2.04. The van der Waals surface area contributed by atoms with Crippen LogP contribution >= 0.6 is 23.2 Å². The zero-order valence-electron chi connectivity index (χ0n) is 10.6. The highest BCUT2D eigenvalue weighted by Gasteiger charge is 2.19. The fourth-order valence-electron chi connectivity index (χ4n) is 1.60. The molecule has 20 heavy (non-hydrogen) atoms. The number of carbonyl (C=O) groups is 1. The smallest absolute Gasteiger partial charge is 0.293 e. The molecule has 1 aromatic heterocycles. The monoisotopic (exact) mass is 317 g/mol. The molecule has 1 heterocycles. The Bertz CT molecular complexity index is 660. The van der Waals surface area contributed by atoms with E-state index in [-0.39, 0.29) is 21.4 Å². The third-order valence-electron chi connectivity index (χ3n) is 2.55. The quantitative estimate of drug-likeness (QED) is 0.880. The number of nitrogens with one attached hydrogen (secondary N) is 1. The zero-order valence-corrected chi connectivity index (χ0v) is 12.1. The van der Waals surface area contributed by atoms with Gasteiger partial charge >= 0.3 is 0 Å². The zero-order chi connectivity index (χ0) is 14.9. The Hall–Kier alpha value is -1.73. The predicted molar refractivity (Wildman–Crippen MR) is 71.1 cm³/mol.